The number of nitrogens with one attached hydrogen (secondary N) is 1. The second-order valence-corrected chi connectivity index (χ2v) is 5.18. The molecule has 1 aliphatic carbocycles. The van der Waals surface area contributed by atoms with Crippen LogP contribution < -0.4 is 5.32 Å². The van der Waals surface area contributed by atoms with Crippen molar-refractivity contribution in [1.29, 1.82) is 0 Å². The zero-order valence-electron chi connectivity index (χ0n) is 10.8. The first-order valence-electron chi connectivity index (χ1n) is 5.88. The summed E-state index contributed by atoms with van der Waals surface area (Å²) in [6, 6.07) is -0.0432. The Morgan fingerprint density at radius 1 is 1.41 bits per heavy atom. The largest absolute Gasteiger partial charge is 0.481 e. The minimum Gasteiger partial charge on any atom is -0.481 e. The van der Waals surface area contributed by atoms with E-state index in [2.05, 4.69) is 5.32 Å². The van der Waals surface area contributed by atoms with Crippen LogP contribution in [0.1, 0.15) is 27.2 Å². The van der Waals surface area contributed by atoms with Crippen molar-refractivity contribution < 1.29 is 19.4 Å². The minimum atomic E-state index is -0.894. The first kappa shape index (κ1) is 14.0. The first-order chi connectivity index (χ1) is 7.86. The fourth-order valence-electron chi connectivity index (χ4n) is 2.34. The average molecular weight is 243 g/mol. The summed E-state index contributed by atoms with van der Waals surface area (Å²) in [7, 11) is 1.58. The van der Waals surface area contributed by atoms with Gasteiger partial charge >= 0.3 is 5.97 Å². The van der Waals surface area contributed by atoms with Gasteiger partial charge in [-0.3, -0.25) is 9.59 Å². The Balaban J connectivity index is 2.58. The first-order valence-corrected chi connectivity index (χ1v) is 5.88. The van der Waals surface area contributed by atoms with E-state index < -0.39 is 23.2 Å². The summed E-state index contributed by atoms with van der Waals surface area (Å²) in [6.45, 7) is 6.03. The highest BCUT2D eigenvalue weighted by molar-refractivity contribution is 5.91. The fourth-order valence-corrected chi connectivity index (χ4v) is 2.34. The molecule has 0 bridgehead atoms. The van der Waals surface area contributed by atoms with Gasteiger partial charge in [-0.1, -0.05) is 20.8 Å². The van der Waals surface area contributed by atoms with Crippen molar-refractivity contribution in [1.82, 2.24) is 5.32 Å². The van der Waals surface area contributed by atoms with Gasteiger partial charge in [-0.15, -0.1) is 0 Å². The number of aliphatic carboxylic acids is 1. The molecule has 1 unspecified atom stereocenters. The number of amides is 1. The number of carbonyl (C=O) groups is 2. The maximum Gasteiger partial charge on any atom is 0.307 e. The molecule has 17 heavy (non-hydrogen) atoms. The lowest BCUT2D eigenvalue weighted by Gasteiger charge is -2.16. The van der Waals surface area contributed by atoms with Crippen molar-refractivity contribution in [2.45, 2.75) is 33.2 Å². The van der Waals surface area contributed by atoms with Crippen LogP contribution in [0.4, 0.5) is 0 Å². The van der Waals surface area contributed by atoms with E-state index in [9.17, 15) is 9.59 Å². The normalized spacial score (nSPS) is 27.3. The van der Waals surface area contributed by atoms with E-state index in [1.54, 1.807) is 7.11 Å². The highest BCUT2D eigenvalue weighted by Gasteiger charge is 2.65. The summed E-state index contributed by atoms with van der Waals surface area (Å²) < 4.78 is 4.99. The molecule has 2 N–H and O–H groups in total. The number of rotatable bonds is 6. The van der Waals surface area contributed by atoms with E-state index in [0.717, 1.165) is 6.42 Å². The molecule has 1 aliphatic rings. The second-order valence-electron chi connectivity index (χ2n) is 5.18. The Morgan fingerprint density at radius 3 is 2.35 bits per heavy atom. The Labute approximate surface area is 102 Å². The van der Waals surface area contributed by atoms with Crippen molar-refractivity contribution in [2.24, 2.45) is 17.3 Å². The van der Waals surface area contributed by atoms with Crippen LogP contribution in [0.25, 0.3) is 0 Å². The number of methoxy groups -OCH3 is 1. The smallest absolute Gasteiger partial charge is 0.307 e. The summed E-state index contributed by atoms with van der Waals surface area (Å²) in [5, 5.41) is 11.8. The van der Waals surface area contributed by atoms with Gasteiger partial charge in [0.05, 0.1) is 24.5 Å². The van der Waals surface area contributed by atoms with Crippen LogP contribution in [0, 0.1) is 17.3 Å². The van der Waals surface area contributed by atoms with Crippen LogP contribution in [0.3, 0.4) is 0 Å². The van der Waals surface area contributed by atoms with Crippen molar-refractivity contribution in [3.05, 3.63) is 0 Å². The van der Waals surface area contributed by atoms with Crippen molar-refractivity contribution in [3.63, 3.8) is 0 Å². The molecule has 0 heterocycles. The van der Waals surface area contributed by atoms with Crippen molar-refractivity contribution in [3.8, 4) is 0 Å². The molecule has 1 amide bonds. The highest BCUT2D eigenvalue weighted by Crippen LogP contribution is 2.58. The summed E-state index contributed by atoms with van der Waals surface area (Å²) in [4.78, 5) is 22.9. The van der Waals surface area contributed by atoms with Crippen LogP contribution in [0.5, 0.6) is 0 Å². The summed E-state index contributed by atoms with van der Waals surface area (Å²) in [6.07, 6.45) is 0.768. The third-order valence-corrected chi connectivity index (χ3v) is 3.58. The Hall–Kier alpha value is -1.10. The van der Waals surface area contributed by atoms with Gasteiger partial charge in [0.25, 0.3) is 0 Å². The summed E-state index contributed by atoms with van der Waals surface area (Å²) in [5.74, 6) is -2.06. The second kappa shape index (κ2) is 5.04. The van der Waals surface area contributed by atoms with Crippen LogP contribution in [-0.4, -0.2) is 36.7 Å². The fraction of sp³-hybridized carbons (Fsp3) is 0.833. The third kappa shape index (κ3) is 2.77. The van der Waals surface area contributed by atoms with Gasteiger partial charge in [0, 0.05) is 7.11 Å². The molecular weight excluding hydrogens is 222 g/mol. The predicted octanol–water partition coefficient (Wildman–Crippen LogP) is 0.884. The number of carboxylic acids is 1. The maximum absolute atomic E-state index is 11.9. The van der Waals surface area contributed by atoms with E-state index in [1.807, 2.05) is 20.8 Å². The maximum atomic E-state index is 11.9. The predicted molar refractivity (Wildman–Crippen MR) is 62.5 cm³/mol. The molecule has 5 heteroatoms. The molecule has 0 aliphatic heterocycles. The van der Waals surface area contributed by atoms with E-state index in [1.165, 1.54) is 0 Å². The standard InChI is InChI=1S/C12H21NO4/c1-5-7(6-17-4)13-10(14)8-9(11(15)16)12(8,2)3/h7-9H,5-6H2,1-4H3,(H,13,14)(H,15,16)/t7?,8-,9+/m1/s1. The Kier molecular flexibility index (Phi) is 4.14. The number of ether oxygens (including phenoxy) is 1. The molecule has 98 valence electrons. The van der Waals surface area contributed by atoms with E-state index in [-0.39, 0.29) is 11.9 Å². The number of hydrogen-bond donors (Lipinski definition) is 2. The van der Waals surface area contributed by atoms with Crippen LogP contribution in [0.15, 0.2) is 0 Å². The molecule has 0 saturated heterocycles. The lowest BCUT2D eigenvalue weighted by atomic mass is 10.1. The molecule has 0 aromatic rings. The van der Waals surface area contributed by atoms with Gasteiger partial charge in [-0.2, -0.15) is 0 Å². The van der Waals surface area contributed by atoms with E-state index in [0.29, 0.717) is 6.61 Å². The SMILES string of the molecule is CCC(COC)NC(=O)[C@H]1[C@@H](C(=O)O)C1(C)C. The summed E-state index contributed by atoms with van der Waals surface area (Å²) >= 11 is 0. The van der Waals surface area contributed by atoms with Crippen LogP contribution in [0.2, 0.25) is 0 Å². The van der Waals surface area contributed by atoms with Gasteiger partial charge in [0.1, 0.15) is 0 Å². The van der Waals surface area contributed by atoms with Crippen LogP contribution >= 0.6 is 0 Å². The van der Waals surface area contributed by atoms with Crippen LogP contribution in [-0.2, 0) is 14.3 Å². The topological polar surface area (TPSA) is 75.6 Å². The number of hydrogen-bond acceptors (Lipinski definition) is 3. The van der Waals surface area contributed by atoms with Gasteiger partial charge in [0.15, 0.2) is 0 Å². The quantitative estimate of drug-likeness (QED) is 0.726. The zero-order chi connectivity index (χ0) is 13.2. The Morgan fingerprint density at radius 2 is 2.00 bits per heavy atom. The molecule has 0 radical (unpaired) electrons. The monoisotopic (exact) mass is 243 g/mol. The Bertz CT molecular complexity index is 314. The molecule has 1 fully saturated rings. The molecule has 1 rings (SSSR count). The van der Waals surface area contributed by atoms with E-state index in [4.69, 9.17) is 9.84 Å². The molecule has 5 nitrogen and oxygen atoms in total. The highest BCUT2D eigenvalue weighted by atomic mass is 16.5. The molecule has 0 aromatic heterocycles. The van der Waals surface area contributed by atoms with E-state index >= 15 is 0 Å². The van der Waals surface area contributed by atoms with Gasteiger partial charge in [0.2, 0.25) is 5.91 Å². The molecule has 1 saturated carbocycles. The molecule has 0 spiro atoms. The van der Waals surface area contributed by atoms with Gasteiger partial charge in [-0.25, -0.2) is 0 Å². The number of carboxylic acid groups (broad SMARTS) is 1. The van der Waals surface area contributed by atoms with Gasteiger partial charge in [-0.05, 0) is 11.8 Å². The summed E-state index contributed by atoms with van der Waals surface area (Å²) in [5.41, 5.74) is -0.443. The molecular formula is C12H21NO4. The van der Waals surface area contributed by atoms with Gasteiger partial charge < -0.3 is 15.2 Å². The molecule has 3 atom stereocenters. The third-order valence-electron chi connectivity index (χ3n) is 3.58. The van der Waals surface area contributed by atoms with Crippen molar-refractivity contribution >= 4 is 11.9 Å². The van der Waals surface area contributed by atoms with Crippen molar-refractivity contribution in [2.75, 3.05) is 13.7 Å². The minimum absolute atomic E-state index is 0.0432. The zero-order valence-corrected chi connectivity index (χ0v) is 10.8. The lowest BCUT2D eigenvalue weighted by Crippen LogP contribution is -2.39. The average Bonchev–Trinajstić information content (AvgIpc) is 2.81. The molecule has 0 aromatic carbocycles. The number of carbonyl (C=O) groups excluding carboxylic acids is 1. The lowest BCUT2D eigenvalue weighted by molar-refractivity contribution is -0.140.